The minimum Gasteiger partial charge on any atom is -0.462 e. The minimum atomic E-state index is -0.376. The van der Waals surface area contributed by atoms with Crippen molar-refractivity contribution in [3.63, 3.8) is 0 Å². The number of anilines is 1. The van der Waals surface area contributed by atoms with E-state index in [1.165, 1.54) is 51.1 Å². The second-order valence-electron chi connectivity index (χ2n) is 8.04. The van der Waals surface area contributed by atoms with Crippen LogP contribution in [0.3, 0.4) is 0 Å². The molecule has 0 bridgehead atoms. The van der Waals surface area contributed by atoms with Crippen LogP contribution >= 0.6 is 0 Å². The largest absolute Gasteiger partial charge is 0.462 e. The lowest BCUT2D eigenvalue weighted by molar-refractivity contribution is -0.117. The number of hydrogen-bond acceptors (Lipinski definition) is 5. The van der Waals surface area contributed by atoms with Gasteiger partial charge in [0.15, 0.2) is 0 Å². The molecule has 1 amide bonds. The number of nitrogens with zero attached hydrogens (tertiary/aromatic N) is 1. The van der Waals surface area contributed by atoms with Gasteiger partial charge in [-0.25, -0.2) is 4.79 Å². The molecule has 6 heteroatoms. The molecule has 2 N–H and O–H groups in total. The van der Waals surface area contributed by atoms with Gasteiger partial charge < -0.3 is 15.4 Å². The number of amides is 1. The molecule has 0 heterocycles. The highest BCUT2D eigenvalue weighted by Crippen LogP contribution is 2.17. The fourth-order valence-corrected chi connectivity index (χ4v) is 3.79. The van der Waals surface area contributed by atoms with Gasteiger partial charge in [0.1, 0.15) is 11.6 Å². The Kier molecular flexibility index (Phi) is 11.2. The number of rotatable bonds is 6. The molecule has 1 fully saturated rings. The summed E-state index contributed by atoms with van der Waals surface area (Å²) < 4.78 is 4.96. The Labute approximate surface area is 186 Å². The van der Waals surface area contributed by atoms with E-state index in [1.54, 1.807) is 31.2 Å². The van der Waals surface area contributed by atoms with Gasteiger partial charge in [-0.3, -0.25) is 4.79 Å². The summed E-state index contributed by atoms with van der Waals surface area (Å²) >= 11 is 0. The quantitative estimate of drug-likeness (QED) is 0.358. The maximum absolute atomic E-state index is 12.7. The molecule has 1 aromatic carbocycles. The van der Waals surface area contributed by atoms with Crippen molar-refractivity contribution in [1.29, 1.82) is 5.26 Å². The Morgan fingerprint density at radius 3 is 2.06 bits per heavy atom. The van der Waals surface area contributed by atoms with Gasteiger partial charge in [-0.1, -0.05) is 57.8 Å². The SMILES string of the molecule is CCOC(=O)c1ccc(N/C=C(/C#N)C(=O)NC2CCCCCCCCCCC2)cc1. The Balaban J connectivity index is 1.92. The van der Waals surface area contributed by atoms with Crippen molar-refractivity contribution in [3.05, 3.63) is 41.6 Å². The molecular formula is C25H35N3O3. The average molecular weight is 426 g/mol. The van der Waals surface area contributed by atoms with Crippen molar-refractivity contribution >= 4 is 17.6 Å². The van der Waals surface area contributed by atoms with Crippen molar-refractivity contribution in [2.24, 2.45) is 0 Å². The van der Waals surface area contributed by atoms with Gasteiger partial charge in [-0.2, -0.15) is 5.26 Å². The number of ether oxygens (including phenoxy) is 1. The zero-order chi connectivity index (χ0) is 22.3. The third-order valence-corrected chi connectivity index (χ3v) is 5.58. The van der Waals surface area contributed by atoms with Crippen LogP contribution < -0.4 is 10.6 Å². The molecule has 0 atom stereocenters. The number of nitrogens with one attached hydrogen (secondary N) is 2. The number of benzene rings is 1. The van der Waals surface area contributed by atoms with Crippen molar-refractivity contribution in [2.75, 3.05) is 11.9 Å². The predicted octanol–water partition coefficient (Wildman–Crippen LogP) is 5.47. The van der Waals surface area contributed by atoms with E-state index in [0.717, 1.165) is 25.7 Å². The molecule has 0 unspecified atom stereocenters. The molecule has 0 spiro atoms. The van der Waals surface area contributed by atoms with Crippen LogP contribution in [-0.2, 0) is 9.53 Å². The fraction of sp³-hybridized carbons (Fsp3) is 0.560. The van der Waals surface area contributed by atoms with E-state index in [-0.39, 0.29) is 23.5 Å². The molecule has 0 radical (unpaired) electrons. The standard InChI is InChI=1S/C25H35N3O3/c1-2-31-25(30)20-14-16-22(17-15-20)27-19-21(18-26)24(29)28-23-12-10-8-6-4-3-5-7-9-11-13-23/h14-17,19,23,27H,2-13H2,1H3,(H,28,29)/b21-19-. The molecule has 6 nitrogen and oxygen atoms in total. The van der Waals surface area contributed by atoms with Crippen LogP contribution in [0.5, 0.6) is 0 Å². The lowest BCUT2D eigenvalue weighted by Gasteiger charge is -2.19. The summed E-state index contributed by atoms with van der Waals surface area (Å²) in [7, 11) is 0. The lowest BCUT2D eigenvalue weighted by atomic mass is 9.98. The van der Waals surface area contributed by atoms with E-state index >= 15 is 0 Å². The summed E-state index contributed by atoms with van der Waals surface area (Å²) in [5.41, 5.74) is 1.18. The third kappa shape index (κ3) is 9.25. The van der Waals surface area contributed by atoms with Crippen LogP contribution in [0.1, 0.15) is 87.9 Å². The summed E-state index contributed by atoms with van der Waals surface area (Å²) in [6.45, 7) is 2.08. The Hall–Kier alpha value is -2.81. The summed E-state index contributed by atoms with van der Waals surface area (Å²) in [5, 5.41) is 15.5. The number of hydrogen-bond donors (Lipinski definition) is 2. The summed E-state index contributed by atoms with van der Waals surface area (Å²) in [4.78, 5) is 24.4. The van der Waals surface area contributed by atoms with Crippen molar-refractivity contribution < 1.29 is 14.3 Å². The Bertz CT molecular complexity index is 753. The normalized spacial score (nSPS) is 16.8. The van der Waals surface area contributed by atoms with Gasteiger partial charge in [-0.15, -0.1) is 0 Å². The smallest absolute Gasteiger partial charge is 0.338 e. The number of carbonyl (C=O) groups excluding carboxylic acids is 2. The number of carbonyl (C=O) groups is 2. The van der Waals surface area contributed by atoms with Crippen LogP contribution in [0, 0.1) is 11.3 Å². The first-order valence-corrected chi connectivity index (χ1v) is 11.6. The monoisotopic (exact) mass is 425 g/mol. The molecule has 1 saturated carbocycles. The maximum Gasteiger partial charge on any atom is 0.338 e. The molecule has 0 aliphatic heterocycles. The highest BCUT2D eigenvalue weighted by atomic mass is 16.5. The molecule has 31 heavy (non-hydrogen) atoms. The van der Waals surface area contributed by atoms with Crippen LogP contribution in [-0.4, -0.2) is 24.5 Å². The van der Waals surface area contributed by atoms with E-state index in [1.807, 2.05) is 6.07 Å². The van der Waals surface area contributed by atoms with Crippen LogP contribution in [0.15, 0.2) is 36.0 Å². The van der Waals surface area contributed by atoms with Crippen molar-refractivity contribution in [1.82, 2.24) is 5.32 Å². The van der Waals surface area contributed by atoms with Crippen molar-refractivity contribution in [3.8, 4) is 6.07 Å². The summed E-state index contributed by atoms with van der Waals surface area (Å²) in [5.74, 6) is -0.714. The first kappa shape index (κ1) is 24.5. The summed E-state index contributed by atoms with van der Waals surface area (Å²) in [6, 6.07) is 8.82. The van der Waals surface area contributed by atoms with Gasteiger partial charge in [0.2, 0.25) is 0 Å². The van der Waals surface area contributed by atoms with Crippen molar-refractivity contribution in [2.45, 2.75) is 83.6 Å². The van der Waals surface area contributed by atoms with E-state index in [0.29, 0.717) is 17.9 Å². The average Bonchev–Trinajstić information content (AvgIpc) is 2.76. The Morgan fingerprint density at radius 2 is 1.55 bits per heavy atom. The Morgan fingerprint density at radius 1 is 1.00 bits per heavy atom. The zero-order valence-corrected chi connectivity index (χ0v) is 18.6. The molecule has 1 aliphatic rings. The number of nitriles is 1. The summed E-state index contributed by atoms with van der Waals surface area (Å²) in [6.07, 6.45) is 14.5. The predicted molar refractivity (Wildman–Crippen MR) is 122 cm³/mol. The molecular weight excluding hydrogens is 390 g/mol. The van der Waals surface area contributed by atoms with Gasteiger partial charge in [-0.05, 0) is 44.0 Å². The molecule has 1 aliphatic carbocycles. The highest BCUT2D eigenvalue weighted by Gasteiger charge is 2.16. The number of esters is 1. The van der Waals surface area contributed by atoms with Gasteiger partial charge in [0.25, 0.3) is 5.91 Å². The first-order valence-electron chi connectivity index (χ1n) is 11.6. The van der Waals surface area contributed by atoms with E-state index in [4.69, 9.17) is 4.74 Å². The molecule has 0 aromatic heterocycles. The first-order chi connectivity index (χ1) is 15.1. The lowest BCUT2D eigenvalue weighted by Crippen LogP contribution is -2.35. The van der Waals surface area contributed by atoms with Crippen LogP contribution in [0.4, 0.5) is 5.69 Å². The van der Waals surface area contributed by atoms with Crippen LogP contribution in [0.25, 0.3) is 0 Å². The van der Waals surface area contributed by atoms with Gasteiger partial charge in [0.05, 0.1) is 12.2 Å². The molecule has 168 valence electrons. The third-order valence-electron chi connectivity index (χ3n) is 5.58. The van der Waals surface area contributed by atoms with E-state index < -0.39 is 0 Å². The maximum atomic E-state index is 12.7. The second-order valence-corrected chi connectivity index (χ2v) is 8.04. The molecule has 2 rings (SSSR count). The van der Waals surface area contributed by atoms with E-state index in [2.05, 4.69) is 10.6 Å². The molecule has 0 saturated heterocycles. The minimum absolute atomic E-state index is 0.0422. The zero-order valence-electron chi connectivity index (χ0n) is 18.6. The fourth-order valence-electron chi connectivity index (χ4n) is 3.79. The molecule has 1 aromatic rings. The van der Waals surface area contributed by atoms with Gasteiger partial charge >= 0.3 is 5.97 Å². The van der Waals surface area contributed by atoms with E-state index in [9.17, 15) is 14.9 Å². The topological polar surface area (TPSA) is 91.2 Å². The highest BCUT2D eigenvalue weighted by molar-refractivity contribution is 5.97. The van der Waals surface area contributed by atoms with Crippen LogP contribution in [0.2, 0.25) is 0 Å². The van der Waals surface area contributed by atoms with Gasteiger partial charge in [0, 0.05) is 17.9 Å². The second kappa shape index (κ2) is 14.2.